The van der Waals surface area contributed by atoms with E-state index in [2.05, 4.69) is 16.0 Å². The summed E-state index contributed by atoms with van der Waals surface area (Å²) in [4.78, 5) is 38.6. The lowest BCUT2D eigenvalue weighted by Crippen LogP contribution is -2.61. The van der Waals surface area contributed by atoms with E-state index in [1.807, 2.05) is 0 Å². The van der Waals surface area contributed by atoms with Gasteiger partial charge in [0, 0.05) is 12.2 Å². The van der Waals surface area contributed by atoms with Crippen LogP contribution in [0.15, 0.2) is 24.3 Å². The van der Waals surface area contributed by atoms with Crippen LogP contribution < -0.4 is 21.7 Å². The van der Waals surface area contributed by atoms with E-state index in [1.165, 1.54) is 24.3 Å². The molecule has 1 aromatic rings. The molecule has 3 rings (SSSR count). The van der Waals surface area contributed by atoms with Gasteiger partial charge in [0.25, 0.3) is 0 Å². The fourth-order valence-electron chi connectivity index (χ4n) is 3.54. The van der Waals surface area contributed by atoms with Gasteiger partial charge in [-0.25, -0.2) is 9.18 Å². The molecule has 0 aromatic heterocycles. The van der Waals surface area contributed by atoms with E-state index in [-0.39, 0.29) is 23.7 Å². The summed E-state index contributed by atoms with van der Waals surface area (Å²) in [5.41, 5.74) is 5.93. The van der Waals surface area contributed by atoms with Crippen LogP contribution in [0.5, 0.6) is 0 Å². The van der Waals surface area contributed by atoms with Gasteiger partial charge in [0.15, 0.2) is 0 Å². The van der Waals surface area contributed by atoms with E-state index in [1.54, 1.807) is 4.90 Å². The van der Waals surface area contributed by atoms with Gasteiger partial charge in [-0.05, 0) is 56.5 Å². The van der Waals surface area contributed by atoms with Crippen LogP contribution in [0.1, 0.15) is 25.7 Å². The average Bonchev–Trinajstić information content (AvgIpc) is 3.06. The first-order chi connectivity index (χ1) is 13.0. The zero-order valence-corrected chi connectivity index (χ0v) is 14.9. The Labute approximate surface area is 156 Å². The zero-order valence-electron chi connectivity index (χ0n) is 14.9. The van der Waals surface area contributed by atoms with Gasteiger partial charge in [0.2, 0.25) is 11.8 Å². The van der Waals surface area contributed by atoms with Crippen molar-refractivity contribution in [1.29, 1.82) is 0 Å². The number of benzene rings is 1. The van der Waals surface area contributed by atoms with E-state index in [0.717, 1.165) is 12.8 Å². The average molecular weight is 377 g/mol. The van der Waals surface area contributed by atoms with Crippen molar-refractivity contribution in [2.45, 2.75) is 43.8 Å². The Morgan fingerprint density at radius 3 is 2.70 bits per heavy atom. The molecule has 0 spiro atoms. The molecule has 3 atom stereocenters. The van der Waals surface area contributed by atoms with Crippen molar-refractivity contribution in [3.8, 4) is 0 Å². The Morgan fingerprint density at radius 2 is 2.00 bits per heavy atom. The van der Waals surface area contributed by atoms with Gasteiger partial charge in [0.05, 0.1) is 6.04 Å². The van der Waals surface area contributed by atoms with Gasteiger partial charge in [-0.2, -0.15) is 0 Å². The Hall–Kier alpha value is -2.68. The van der Waals surface area contributed by atoms with Crippen molar-refractivity contribution in [2.75, 3.05) is 18.4 Å². The van der Waals surface area contributed by atoms with Crippen LogP contribution in [0.25, 0.3) is 0 Å². The largest absolute Gasteiger partial charge is 0.343 e. The molecule has 4 amide bonds. The summed E-state index contributed by atoms with van der Waals surface area (Å²) in [6, 6.07) is 3.54. The van der Waals surface area contributed by atoms with Gasteiger partial charge in [-0.15, -0.1) is 0 Å². The number of fused-ring (bicyclic) bond motifs is 1. The highest BCUT2D eigenvalue weighted by atomic mass is 19.1. The standard InChI is InChI=1S/C18H24FN5O3/c19-11-4-6-12(7-5-11)21-18(27)22-13-9-15-16(25)23-14(3-1-2-8-20)17(26)24(15)10-13/h4-7,13-15H,1-3,8-10,20H2,(H,23,25)(H2,21,22,27)/t13-,14-,15-/m0/s1. The lowest BCUT2D eigenvalue weighted by molar-refractivity contribution is -0.147. The Kier molecular flexibility index (Phi) is 5.90. The van der Waals surface area contributed by atoms with Crippen molar-refractivity contribution in [1.82, 2.24) is 15.5 Å². The number of nitrogens with two attached hydrogens (primary N) is 1. The fourth-order valence-corrected chi connectivity index (χ4v) is 3.54. The molecule has 2 aliphatic heterocycles. The number of carbonyl (C=O) groups excluding carboxylic acids is 3. The number of hydrogen-bond donors (Lipinski definition) is 4. The number of carbonyl (C=O) groups is 3. The highest BCUT2D eigenvalue weighted by Gasteiger charge is 2.46. The van der Waals surface area contributed by atoms with Crippen molar-refractivity contribution in [3.63, 3.8) is 0 Å². The molecule has 9 heteroatoms. The molecule has 27 heavy (non-hydrogen) atoms. The summed E-state index contributed by atoms with van der Waals surface area (Å²) in [5, 5.41) is 8.16. The van der Waals surface area contributed by atoms with Crippen LogP contribution in [0.2, 0.25) is 0 Å². The van der Waals surface area contributed by atoms with E-state index in [4.69, 9.17) is 5.73 Å². The molecule has 1 aromatic carbocycles. The number of nitrogens with one attached hydrogen (secondary N) is 3. The summed E-state index contributed by atoms with van der Waals surface area (Å²) < 4.78 is 12.9. The highest BCUT2D eigenvalue weighted by Crippen LogP contribution is 2.24. The molecule has 2 aliphatic rings. The van der Waals surface area contributed by atoms with Gasteiger partial charge >= 0.3 is 6.03 Å². The molecule has 5 N–H and O–H groups in total. The van der Waals surface area contributed by atoms with Crippen molar-refractivity contribution < 1.29 is 18.8 Å². The summed E-state index contributed by atoms with van der Waals surface area (Å²) in [7, 11) is 0. The number of unbranched alkanes of at least 4 members (excludes halogenated alkanes) is 1. The van der Waals surface area contributed by atoms with E-state index in [9.17, 15) is 18.8 Å². The lowest BCUT2D eigenvalue weighted by Gasteiger charge is -2.34. The third kappa shape index (κ3) is 4.54. The van der Waals surface area contributed by atoms with Crippen LogP contribution >= 0.6 is 0 Å². The fraction of sp³-hybridized carbons (Fsp3) is 0.500. The smallest absolute Gasteiger partial charge is 0.319 e. The van der Waals surface area contributed by atoms with E-state index in [0.29, 0.717) is 31.6 Å². The second-order valence-corrected chi connectivity index (χ2v) is 6.89. The first kappa shape index (κ1) is 19.1. The normalized spacial score (nSPS) is 24.4. The Bertz CT molecular complexity index is 711. The SMILES string of the molecule is NCCCC[C@@H]1NC(=O)[C@@H]2C[C@H](NC(=O)Nc3ccc(F)cc3)CN2C1=O. The molecule has 146 valence electrons. The number of anilines is 1. The topological polar surface area (TPSA) is 117 Å². The van der Waals surface area contributed by atoms with Crippen LogP contribution in [-0.4, -0.2) is 54.0 Å². The van der Waals surface area contributed by atoms with E-state index >= 15 is 0 Å². The number of amides is 4. The highest BCUT2D eigenvalue weighted by molar-refractivity contribution is 5.98. The molecule has 0 bridgehead atoms. The van der Waals surface area contributed by atoms with Crippen LogP contribution in [0, 0.1) is 5.82 Å². The minimum absolute atomic E-state index is 0.111. The summed E-state index contributed by atoms with van der Waals surface area (Å²) in [5.74, 6) is -0.686. The molecule has 8 nitrogen and oxygen atoms in total. The van der Waals surface area contributed by atoms with Gasteiger partial charge in [-0.1, -0.05) is 0 Å². The van der Waals surface area contributed by atoms with Crippen molar-refractivity contribution >= 4 is 23.5 Å². The predicted molar refractivity (Wildman–Crippen MR) is 97.3 cm³/mol. The lowest BCUT2D eigenvalue weighted by atomic mass is 10.0. The second kappa shape index (κ2) is 8.34. The summed E-state index contributed by atoms with van der Waals surface area (Å²) in [6.07, 6.45) is 2.50. The molecule has 0 saturated carbocycles. The monoisotopic (exact) mass is 377 g/mol. The molecule has 2 fully saturated rings. The third-order valence-electron chi connectivity index (χ3n) is 4.89. The van der Waals surface area contributed by atoms with Crippen LogP contribution in [-0.2, 0) is 9.59 Å². The van der Waals surface area contributed by atoms with E-state index < -0.39 is 18.1 Å². The van der Waals surface area contributed by atoms with Crippen molar-refractivity contribution in [2.24, 2.45) is 5.73 Å². The minimum Gasteiger partial charge on any atom is -0.343 e. The maximum absolute atomic E-state index is 12.9. The number of nitrogens with zero attached hydrogens (tertiary/aromatic N) is 1. The summed E-state index contributed by atoms with van der Waals surface area (Å²) in [6.45, 7) is 0.845. The first-order valence-electron chi connectivity index (χ1n) is 9.12. The Balaban J connectivity index is 1.55. The minimum atomic E-state index is -0.556. The number of halogens is 1. The molecule has 0 radical (unpaired) electrons. The van der Waals surface area contributed by atoms with Gasteiger partial charge in [-0.3, -0.25) is 9.59 Å². The third-order valence-corrected chi connectivity index (χ3v) is 4.89. The summed E-state index contributed by atoms with van der Waals surface area (Å²) >= 11 is 0. The van der Waals surface area contributed by atoms with Crippen LogP contribution in [0.3, 0.4) is 0 Å². The quantitative estimate of drug-likeness (QED) is 0.542. The number of urea groups is 1. The predicted octanol–water partition coefficient (Wildman–Crippen LogP) is 0.544. The Morgan fingerprint density at radius 1 is 1.26 bits per heavy atom. The molecule has 2 heterocycles. The molecule has 0 aliphatic carbocycles. The maximum Gasteiger partial charge on any atom is 0.319 e. The van der Waals surface area contributed by atoms with Gasteiger partial charge < -0.3 is 26.6 Å². The molecule has 2 saturated heterocycles. The second-order valence-electron chi connectivity index (χ2n) is 6.89. The van der Waals surface area contributed by atoms with Gasteiger partial charge in [0.1, 0.15) is 17.9 Å². The molecular formula is C18H24FN5O3. The number of piperazine rings is 1. The van der Waals surface area contributed by atoms with Crippen molar-refractivity contribution in [3.05, 3.63) is 30.1 Å². The van der Waals surface area contributed by atoms with Crippen LogP contribution in [0.4, 0.5) is 14.9 Å². The maximum atomic E-state index is 12.9. The molecular weight excluding hydrogens is 353 g/mol. The first-order valence-corrected chi connectivity index (χ1v) is 9.12. The number of rotatable bonds is 6. The molecule has 0 unspecified atom stereocenters. The number of hydrogen-bond acceptors (Lipinski definition) is 4. The zero-order chi connectivity index (χ0) is 19.4.